The Balaban J connectivity index is 1.43. The van der Waals surface area contributed by atoms with E-state index in [2.05, 4.69) is 20.2 Å². The first-order valence-electron chi connectivity index (χ1n) is 13.0. The van der Waals surface area contributed by atoms with Gasteiger partial charge in [0, 0.05) is 42.6 Å². The summed E-state index contributed by atoms with van der Waals surface area (Å²) in [6.45, 7) is 2.66. The molecule has 4 aromatic rings. The molecule has 0 aliphatic carbocycles. The Morgan fingerprint density at radius 2 is 2.00 bits per heavy atom. The van der Waals surface area contributed by atoms with Gasteiger partial charge < -0.3 is 19.7 Å². The van der Waals surface area contributed by atoms with Crippen LogP contribution in [0.3, 0.4) is 0 Å². The lowest BCUT2D eigenvalue weighted by Crippen LogP contribution is -2.39. The number of hydrogen-bond donors (Lipinski definition) is 1. The molecule has 8 nitrogen and oxygen atoms in total. The monoisotopic (exact) mass is 578 g/mol. The largest absolute Gasteiger partial charge is 0.487 e. The van der Waals surface area contributed by atoms with Crippen LogP contribution in [-0.4, -0.2) is 47.8 Å². The Bertz CT molecular complexity index is 1590. The molecule has 2 unspecified atom stereocenters. The van der Waals surface area contributed by atoms with Crippen molar-refractivity contribution in [3.05, 3.63) is 94.8 Å². The fraction of sp³-hybridized carbons (Fsp3) is 0.267. The lowest BCUT2D eigenvalue weighted by molar-refractivity contribution is -0.145. The normalized spacial score (nSPS) is 14.9. The first-order valence-corrected chi connectivity index (χ1v) is 14.1. The molecular weight excluding hydrogens is 550 g/mol. The van der Waals surface area contributed by atoms with E-state index in [4.69, 9.17) is 9.47 Å². The third kappa shape index (κ3) is 6.25. The van der Waals surface area contributed by atoms with Crippen molar-refractivity contribution in [2.24, 2.45) is 0 Å². The maximum absolute atomic E-state index is 13.7. The Morgan fingerprint density at radius 1 is 1.17 bits per heavy atom. The minimum atomic E-state index is -0.953. The zero-order chi connectivity index (χ0) is 28.9. The molecule has 0 saturated carbocycles. The van der Waals surface area contributed by atoms with E-state index in [1.807, 2.05) is 37.4 Å². The fourth-order valence-corrected chi connectivity index (χ4v) is 6.14. The fourth-order valence-electron chi connectivity index (χ4n) is 4.76. The molecule has 1 amide bonds. The number of halogens is 2. The number of nitrogens with zero attached hydrogens (tertiary/aromatic N) is 3. The number of nitrogens with one attached hydrogen (secondary N) is 1. The molecule has 212 valence electrons. The summed E-state index contributed by atoms with van der Waals surface area (Å²) in [5, 5.41) is 2.85. The Hall–Kier alpha value is -4.25. The molecule has 2 aromatic heterocycles. The van der Waals surface area contributed by atoms with Gasteiger partial charge in [-0.25, -0.2) is 23.5 Å². The van der Waals surface area contributed by atoms with Crippen LogP contribution >= 0.6 is 11.8 Å². The molecule has 1 aliphatic rings. The van der Waals surface area contributed by atoms with Gasteiger partial charge in [0.2, 0.25) is 6.41 Å². The lowest BCUT2D eigenvalue weighted by atomic mass is 10.0. The molecule has 41 heavy (non-hydrogen) atoms. The van der Waals surface area contributed by atoms with E-state index in [9.17, 15) is 18.4 Å². The summed E-state index contributed by atoms with van der Waals surface area (Å²) >= 11 is 1.50. The van der Waals surface area contributed by atoms with Gasteiger partial charge in [0.05, 0.1) is 23.1 Å². The summed E-state index contributed by atoms with van der Waals surface area (Å²) in [5.74, 6) is -0.659. The highest BCUT2D eigenvalue weighted by atomic mass is 32.2. The molecule has 0 saturated heterocycles. The van der Waals surface area contributed by atoms with Crippen LogP contribution in [0.15, 0.2) is 60.8 Å². The van der Waals surface area contributed by atoms with Gasteiger partial charge in [0.1, 0.15) is 24.2 Å². The van der Waals surface area contributed by atoms with Crippen LogP contribution in [0.25, 0.3) is 10.9 Å². The molecule has 2 aromatic carbocycles. The van der Waals surface area contributed by atoms with Crippen molar-refractivity contribution >= 4 is 40.9 Å². The minimum Gasteiger partial charge on any atom is -0.487 e. The number of fused-ring (bicyclic) bond motifs is 3. The Labute approximate surface area is 240 Å². The van der Waals surface area contributed by atoms with Crippen LogP contribution < -0.4 is 15.0 Å². The zero-order valence-electron chi connectivity index (χ0n) is 22.5. The SMILES string of the molecule is CCOC(=O)C(CSC1c2cc(OCc3ccc4cc(F)c(F)cc4n3)ccc2CN(C)c2ncccc21)NC=O. The van der Waals surface area contributed by atoms with Crippen molar-refractivity contribution in [3.63, 3.8) is 0 Å². The molecule has 2 atom stereocenters. The van der Waals surface area contributed by atoms with Crippen LogP contribution in [0, 0.1) is 11.6 Å². The van der Waals surface area contributed by atoms with Gasteiger partial charge in [-0.05, 0) is 48.4 Å². The molecule has 0 bridgehead atoms. The second-order valence-electron chi connectivity index (χ2n) is 9.49. The van der Waals surface area contributed by atoms with E-state index in [1.54, 1.807) is 25.3 Å². The van der Waals surface area contributed by atoms with Crippen molar-refractivity contribution in [3.8, 4) is 5.75 Å². The number of rotatable bonds is 10. The average molecular weight is 579 g/mol. The van der Waals surface area contributed by atoms with E-state index in [0.29, 0.717) is 35.3 Å². The summed E-state index contributed by atoms with van der Waals surface area (Å²) in [4.78, 5) is 34.8. The maximum Gasteiger partial charge on any atom is 0.329 e. The van der Waals surface area contributed by atoms with E-state index in [1.165, 1.54) is 11.8 Å². The van der Waals surface area contributed by atoms with Gasteiger partial charge in [0.25, 0.3) is 0 Å². The average Bonchev–Trinajstić information content (AvgIpc) is 3.08. The summed E-state index contributed by atoms with van der Waals surface area (Å²) in [7, 11) is 1.97. The van der Waals surface area contributed by atoms with E-state index in [-0.39, 0.29) is 24.2 Å². The Morgan fingerprint density at radius 3 is 2.80 bits per heavy atom. The highest BCUT2D eigenvalue weighted by Gasteiger charge is 2.30. The van der Waals surface area contributed by atoms with Crippen LogP contribution in [0.2, 0.25) is 0 Å². The number of amides is 1. The van der Waals surface area contributed by atoms with Crippen molar-refractivity contribution in [1.82, 2.24) is 15.3 Å². The van der Waals surface area contributed by atoms with E-state index >= 15 is 0 Å². The smallest absolute Gasteiger partial charge is 0.329 e. The van der Waals surface area contributed by atoms with Gasteiger partial charge in [-0.1, -0.05) is 18.2 Å². The predicted molar refractivity (Wildman–Crippen MR) is 153 cm³/mol. The van der Waals surface area contributed by atoms with Crippen LogP contribution in [0.4, 0.5) is 14.6 Å². The lowest BCUT2D eigenvalue weighted by Gasteiger charge is -2.22. The Kier molecular flexibility index (Phi) is 8.63. The third-order valence-electron chi connectivity index (χ3n) is 6.71. The number of carbonyl (C=O) groups is 2. The first-order chi connectivity index (χ1) is 19.9. The molecule has 11 heteroatoms. The molecule has 1 N–H and O–H groups in total. The predicted octanol–water partition coefficient (Wildman–Crippen LogP) is 4.94. The second kappa shape index (κ2) is 12.5. The number of benzene rings is 2. The topological polar surface area (TPSA) is 93.7 Å². The highest BCUT2D eigenvalue weighted by molar-refractivity contribution is 7.99. The van der Waals surface area contributed by atoms with Gasteiger partial charge in [0.15, 0.2) is 11.6 Å². The molecule has 5 rings (SSSR count). The van der Waals surface area contributed by atoms with Crippen LogP contribution in [-0.2, 0) is 27.5 Å². The third-order valence-corrected chi connectivity index (χ3v) is 8.08. The van der Waals surface area contributed by atoms with E-state index in [0.717, 1.165) is 34.6 Å². The van der Waals surface area contributed by atoms with Crippen molar-refractivity contribution in [1.29, 1.82) is 0 Å². The van der Waals surface area contributed by atoms with Gasteiger partial charge in [-0.2, -0.15) is 0 Å². The summed E-state index contributed by atoms with van der Waals surface area (Å²) in [5.41, 5.74) is 3.93. The zero-order valence-corrected chi connectivity index (χ0v) is 23.3. The summed E-state index contributed by atoms with van der Waals surface area (Å²) in [6.07, 6.45) is 2.25. The molecule has 1 aliphatic heterocycles. The number of thioether (sulfide) groups is 1. The second-order valence-corrected chi connectivity index (χ2v) is 10.6. The van der Waals surface area contributed by atoms with Crippen LogP contribution in [0.5, 0.6) is 5.75 Å². The van der Waals surface area contributed by atoms with Gasteiger partial charge in [-0.3, -0.25) is 4.79 Å². The van der Waals surface area contributed by atoms with Crippen molar-refractivity contribution < 1.29 is 27.8 Å². The van der Waals surface area contributed by atoms with Crippen molar-refractivity contribution in [2.75, 3.05) is 24.3 Å². The van der Waals surface area contributed by atoms with Crippen LogP contribution in [0.1, 0.15) is 34.6 Å². The van der Waals surface area contributed by atoms with Gasteiger partial charge >= 0.3 is 5.97 Å². The maximum atomic E-state index is 13.7. The molecule has 0 spiro atoms. The number of aromatic nitrogens is 2. The summed E-state index contributed by atoms with van der Waals surface area (Å²) in [6, 6.07) is 14.5. The number of hydrogen-bond acceptors (Lipinski definition) is 8. The molecule has 0 fully saturated rings. The molecular formula is C30H28F2N4O4S. The molecule has 0 radical (unpaired) electrons. The molecule has 3 heterocycles. The summed E-state index contributed by atoms with van der Waals surface area (Å²) < 4.78 is 38.5. The highest BCUT2D eigenvalue weighted by Crippen LogP contribution is 2.45. The standard InChI is InChI=1S/C30H28F2N4O4S/c1-3-39-30(38)27(34-17-37)16-41-28-22-5-4-10-33-29(22)36(2)14-19-7-9-21(12-23(19)28)40-15-20-8-6-18-11-24(31)25(32)13-26(18)35-20/h4-13,17,27-28H,3,14-16H2,1-2H3,(H,34,37). The minimum absolute atomic E-state index is 0.123. The van der Waals surface area contributed by atoms with Gasteiger partial charge in [-0.15, -0.1) is 11.8 Å². The number of anilines is 1. The first kappa shape index (κ1) is 28.3. The van der Waals surface area contributed by atoms with E-state index < -0.39 is 23.6 Å². The van der Waals surface area contributed by atoms with Crippen molar-refractivity contribution in [2.45, 2.75) is 31.4 Å². The number of carbonyl (C=O) groups excluding carboxylic acids is 2. The number of ether oxygens (including phenoxy) is 2. The number of esters is 1. The quantitative estimate of drug-likeness (QED) is 0.209. The number of pyridine rings is 2.